The van der Waals surface area contributed by atoms with Gasteiger partial charge in [0.2, 0.25) is 0 Å². The second-order valence-corrected chi connectivity index (χ2v) is 3.05. The average Bonchev–Trinajstić information content (AvgIpc) is 2.21. The zero-order valence-electron chi connectivity index (χ0n) is 11.8. The minimum absolute atomic E-state index is 0.641. The number of methoxy groups -OCH3 is 1. The van der Waals surface area contributed by atoms with Gasteiger partial charge in [-0.05, 0) is 12.1 Å². The lowest BCUT2D eigenvalue weighted by atomic mass is 10.3. The molecule has 0 aromatic carbocycles. The third-order valence-corrected chi connectivity index (χ3v) is 1.63. The molecule has 0 fully saturated rings. The zero-order chi connectivity index (χ0) is 15.9. The summed E-state index contributed by atoms with van der Waals surface area (Å²) in [6, 6.07) is -2.00. The summed E-state index contributed by atoms with van der Waals surface area (Å²) in [5, 5.41) is 0. The lowest BCUT2D eigenvalue weighted by molar-refractivity contribution is -0.141. The summed E-state index contributed by atoms with van der Waals surface area (Å²) < 4.78 is 75.7. The number of rotatable bonds is 1. The SMILES string of the molecule is [2H]c1c(C(=O)OC([2H])([2H])[2H])nc(C(F)(F)F)c([2H])c1Br. The fourth-order valence-corrected chi connectivity index (χ4v) is 1.06. The Kier molecular flexibility index (Phi) is 1.80. The summed E-state index contributed by atoms with van der Waals surface area (Å²) in [5.41, 5.74) is -2.87. The first-order valence-electron chi connectivity index (χ1n) is 5.82. The van der Waals surface area contributed by atoms with Crippen molar-refractivity contribution in [3.8, 4) is 0 Å². The van der Waals surface area contributed by atoms with Crippen molar-refractivity contribution in [1.29, 1.82) is 0 Å². The van der Waals surface area contributed by atoms with Gasteiger partial charge in [-0.2, -0.15) is 13.2 Å². The van der Waals surface area contributed by atoms with Crippen molar-refractivity contribution in [2.75, 3.05) is 7.04 Å². The molecule has 0 bridgehead atoms. The number of alkyl halides is 3. The van der Waals surface area contributed by atoms with Crippen LogP contribution in [-0.2, 0) is 10.9 Å². The molecule has 1 rings (SSSR count). The highest BCUT2D eigenvalue weighted by atomic mass is 79.9. The van der Waals surface area contributed by atoms with Crippen LogP contribution in [0.2, 0.25) is 0 Å². The molecule has 0 aliphatic heterocycles. The quantitative estimate of drug-likeness (QED) is 0.746. The van der Waals surface area contributed by atoms with Gasteiger partial charge in [-0.3, -0.25) is 0 Å². The van der Waals surface area contributed by atoms with Gasteiger partial charge in [-0.15, -0.1) is 0 Å². The first kappa shape index (κ1) is 6.47. The van der Waals surface area contributed by atoms with Crippen molar-refractivity contribution in [2.24, 2.45) is 0 Å². The Morgan fingerprint density at radius 3 is 2.87 bits per heavy atom. The van der Waals surface area contributed by atoms with Crippen LogP contribution in [0.1, 0.15) is 23.0 Å². The molecule has 0 atom stereocenters. The number of carbonyl (C=O) groups excluding carboxylic acids is 1. The van der Waals surface area contributed by atoms with Crippen molar-refractivity contribution in [3.05, 3.63) is 27.9 Å². The molecule has 0 amide bonds. The van der Waals surface area contributed by atoms with Gasteiger partial charge in [0.25, 0.3) is 0 Å². The molecule has 1 aromatic rings. The second kappa shape index (κ2) is 4.18. The highest BCUT2D eigenvalue weighted by Gasteiger charge is 2.33. The van der Waals surface area contributed by atoms with Crippen LogP contribution < -0.4 is 0 Å². The molecule has 1 heterocycles. The van der Waals surface area contributed by atoms with Crippen LogP contribution in [-0.4, -0.2) is 18.0 Å². The van der Waals surface area contributed by atoms with E-state index in [0.29, 0.717) is 0 Å². The monoisotopic (exact) mass is 288 g/mol. The number of carbonyl (C=O) groups is 1. The number of ether oxygens (including phenoxy) is 1. The fraction of sp³-hybridized carbons (Fsp3) is 0.250. The maximum Gasteiger partial charge on any atom is 0.433 e. The molecular formula is C8H5BrF3NO2. The molecule has 0 saturated heterocycles. The van der Waals surface area contributed by atoms with Gasteiger partial charge in [0.15, 0.2) is 0 Å². The summed E-state index contributed by atoms with van der Waals surface area (Å²) in [7, 11) is -3.18. The van der Waals surface area contributed by atoms with E-state index in [1.165, 1.54) is 0 Å². The van der Waals surface area contributed by atoms with Crippen LogP contribution in [0, 0.1) is 0 Å². The standard InChI is InChI=1S/C8H5BrF3NO2/c1-15-7(14)5-2-4(9)3-6(13-5)8(10,11)12/h2-3H,1H3/i1D3,2D,3D. The molecule has 0 spiro atoms. The maximum absolute atomic E-state index is 12.6. The third-order valence-electron chi connectivity index (χ3n) is 1.23. The van der Waals surface area contributed by atoms with Crippen molar-refractivity contribution in [2.45, 2.75) is 6.18 Å². The third kappa shape index (κ3) is 2.92. The molecule has 0 unspecified atom stereocenters. The number of esters is 1. The first-order valence-corrected chi connectivity index (χ1v) is 4.11. The van der Waals surface area contributed by atoms with Crippen LogP contribution in [0.3, 0.4) is 0 Å². The Morgan fingerprint density at radius 2 is 2.33 bits per heavy atom. The molecule has 1 aromatic heterocycles. The van der Waals surface area contributed by atoms with Gasteiger partial charge in [-0.1, -0.05) is 15.9 Å². The van der Waals surface area contributed by atoms with E-state index in [1.54, 1.807) is 0 Å². The lowest BCUT2D eigenvalue weighted by Crippen LogP contribution is -2.12. The van der Waals surface area contributed by atoms with Gasteiger partial charge >= 0.3 is 12.1 Å². The van der Waals surface area contributed by atoms with Gasteiger partial charge in [0.05, 0.1) is 13.9 Å². The molecule has 15 heavy (non-hydrogen) atoms. The van der Waals surface area contributed by atoms with Crippen molar-refractivity contribution in [1.82, 2.24) is 4.98 Å². The van der Waals surface area contributed by atoms with Crippen LogP contribution in [0.25, 0.3) is 0 Å². The van der Waals surface area contributed by atoms with E-state index in [4.69, 9.17) is 6.85 Å². The average molecular weight is 289 g/mol. The van der Waals surface area contributed by atoms with E-state index in [9.17, 15) is 18.0 Å². The number of pyridine rings is 1. The van der Waals surface area contributed by atoms with Crippen molar-refractivity contribution >= 4 is 21.9 Å². The van der Waals surface area contributed by atoms with E-state index in [1.807, 2.05) is 0 Å². The molecular weight excluding hydrogens is 279 g/mol. The highest BCUT2D eigenvalue weighted by Crippen LogP contribution is 2.29. The summed E-state index contributed by atoms with van der Waals surface area (Å²) >= 11 is 2.56. The lowest BCUT2D eigenvalue weighted by Gasteiger charge is -2.07. The molecule has 0 N–H and O–H groups in total. The molecule has 7 heteroatoms. The summed E-state index contributed by atoms with van der Waals surface area (Å²) in [6.45, 7) is 0. The van der Waals surface area contributed by atoms with Crippen molar-refractivity contribution < 1.29 is 29.6 Å². The normalized spacial score (nSPS) is 16.9. The number of hydrogen-bond acceptors (Lipinski definition) is 3. The highest BCUT2D eigenvalue weighted by molar-refractivity contribution is 9.10. The number of halogens is 4. The van der Waals surface area contributed by atoms with Crippen LogP contribution in [0.5, 0.6) is 0 Å². The Balaban J connectivity index is 3.42. The van der Waals surface area contributed by atoms with E-state index in [0.717, 1.165) is 0 Å². The minimum atomic E-state index is -5.04. The van der Waals surface area contributed by atoms with Crippen molar-refractivity contribution in [3.63, 3.8) is 0 Å². The van der Waals surface area contributed by atoms with E-state index in [-0.39, 0.29) is 0 Å². The van der Waals surface area contributed by atoms with E-state index in [2.05, 4.69) is 25.7 Å². The topological polar surface area (TPSA) is 39.2 Å². The Morgan fingerprint density at radius 1 is 1.67 bits per heavy atom. The van der Waals surface area contributed by atoms with Crippen LogP contribution >= 0.6 is 15.9 Å². The molecule has 0 saturated carbocycles. The number of nitrogens with zero attached hydrogens (tertiary/aromatic N) is 1. The van der Waals surface area contributed by atoms with E-state index < -0.39 is 47.1 Å². The summed E-state index contributed by atoms with van der Waals surface area (Å²) in [5.74, 6) is -1.71. The first-order chi connectivity index (χ1) is 8.84. The molecule has 82 valence electrons. The fourth-order valence-electron chi connectivity index (χ4n) is 0.686. The van der Waals surface area contributed by atoms with Gasteiger partial charge in [0.1, 0.15) is 11.4 Å². The predicted molar refractivity (Wildman–Crippen MR) is 48.3 cm³/mol. The molecule has 3 nitrogen and oxygen atoms in total. The van der Waals surface area contributed by atoms with Gasteiger partial charge < -0.3 is 4.74 Å². The summed E-state index contributed by atoms with van der Waals surface area (Å²) in [4.78, 5) is 14.2. The molecule has 0 radical (unpaired) electrons. The number of aromatic nitrogens is 1. The van der Waals surface area contributed by atoms with Gasteiger partial charge in [0, 0.05) is 4.47 Å². The minimum Gasteiger partial charge on any atom is -0.464 e. The van der Waals surface area contributed by atoms with Crippen LogP contribution in [0.4, 0.5) is 13.2 Å². The second-order valence-electron chi connectivity index (χ2n) is 2.26. The van der Waals surface area contributed by atoms with Crippen LogP contribution in [0.15, 0.2) is 16.6 Å². The molecule has 0 aliphatic rings. The Bertz CT molecular complexity index is 561. The maximum atomic E-state index is 12.6. The Labute approximate surface area is 98.4 Å². The largest absolute Gasteiger partial charge is 0.464 e. The predicted octanol–water partition coefficient (Wildman–Crippen LogP) is 2.65. The Hall–Kier alpha value is -1.11. The van der Waals surface area contributed by atoms with Gasteiger partial charge in [-0.25, -0.2) is 9.78 Å². The summed E-state index contributed by atoms with van der Waals surface area (Å²) in [6.07, 6.45) is -5.04. The van der Waals surface area contributed by atoms with E-state index >= 15 is 0 Å². The smallest absolute Gasteiger partial charge is 0.433 e. The molecule has 0 aliphatic carbocycles. The number of hydrogen-bond donors (Lipinski definition) is 0. The zero-order valence-corrected chi connectivity index (χ0v) is 8.36.